The number of carbonyl (C=O) groups excluding carboxylic acids is 1. The molecular formula is C16H30N2O. The molecule has 1 saturated heterocycles. The first-order valence-corrected chi connectivity index (χ1v) is 7.98. The van der Waals surface area contributed by atoms with Gasteiger partial charge in [0.2, 0.25) is 0 Å². The number of Topliss-reactive ketones (excluding diaryl/α,β-unsaturated/α-hetero) is 1. The molecule has 2 rings (SSSR count). The van der Waals surface area contributed by atoms with Crippen LogP contribution in [0.2, 0.25) is 0 Å². The van der Waals surface area contributed by atoms with E-state index in [-0.39, 0.29) is 0 Å². The Hall–Kier alpha value is -0.410. The topological polar surface area (TPSA) is 23.6 Å². The number of hydrogen-bond donors (Lipinski definition) is 0. The third-order valence-corrected chi connectivity index (χ3v) is 5.36. The minimum Gasteiger partial charge on any atom is -0.300 e. The van der Waals surface area contributed by atoms with Crippen molar-refractivity contribution >= 4 is 5.78 Å². The van der Waals surface area contributed by atoms with E-state index < -0.39 is 0 Å². The molecule has 19 heavy (non-hydrogen) atoms. The summed E-state index contributed by atoms with van der Waals surface area (Å²) in [4.78, 5) is 17.1. The summed E-state index contributed by atoms with van der Waals surface area (Å²) in [7, 11) is 2.21. The second-order valence-corrected chi connectivity index (χ2v) is 6.79. The van der Waals surface area contributed by atoms with Gasteiger partial charge in [-0.3, -0.25) is 14.6 Å². The van der Waals surface area contributed by atoms with Gasteiger partial charge < -0.3 is 0 Å². The lowest BCUT2D eigenvalue weighted by Gasteiger charge is -2.44. The van der Waals surface area contributed by atoms with Crippen LogP contribution in [-0.4, -0.2) is 54.3 Å². The van der Waals surface area contributed by atoms with Crippen molar-refractivity contribution in [1.82, 2.24) is 9.80 Å². The molecule has 0 aromatic rings. The Kier molecular flexibility index (Phi) is 5.02. The number of piperazine rings is 1. The molecule has 110 valence electrons. The summed E-state index contributed by atoms with van der Waals surface area (Å²) < 4.78 is 0. The molecule has 0 aromatic heterocycles. The fraction of sp³-hybridized carbons (Fsp3) is 0.938. The Bertz CT molecular complexity index is 306. The van der Waals surface area contributed by atoms with Gasteiger partial charge in [-0.15, -0.1) is 0 Å². The molecule has 3 nitrogen and oxygen atoms in total. The van der Waals surface area contributed by atoms with Crippen molar-refractivity contribution in [3.8, 4) is 0 Å². The molecule has 4 unspecified atom stereocenters. The smallest absolute Gasteiger partial charge is 0.137 e. The first-order valence-electron chi connectivity index (χ1n) is 7.98. The quantitative estimate of drug-likeness (QED) is 0.784. The van der Waals surface area contributed by atoms with E-state index in [0.29, 0.717) is 23.8 Å². The maximum Gasteiger partial charge on any atom is 0.137 e. The van der Waals surface area contributed by atoms with Gasteiger partial charge in [0.15, 0.2) is 0 Å². The van der Waals surface area contributed by atoms with E-state index in [1.54, 1.807) is 0 Å². The van der Waals surface area contributed by atoms with Gasteiger partial charge in [0.1, 0.15) is 5.78 Å². The Morgan fingerprint density at radius 2 is 1.84 bits per heavy atom. The van der Waals surface area contributed by atoms with Crippen molar-refractivity contribution in [3.63, 3.8) is 0 Å². The molecule has 0 aromatic carbocycles. The second kappa shape index (κ2) is 6.36. The van der Waals surface area contributed by atoms with Crippen molar-refractivity contribution in [1.29, 1.82) is 0 Å². The molecule has 1 heterocycles. The van der Waals surface area contributed by atoms with Gasteiger partial charge in [0, 0.05) is 44.1 Å². The molecular weight excluding hydrogens is 236 g/mol. The molecule has 0 bridgehead atoms. The van der Waals surface area contributed by atoms with Crippen LogP contribution in [0.15, 0.2) is 0 Å². The molecule has 4 atom stereocenters. The van der Waals surface area contributed by atoms with Crippen LogP contribution in [0.5, 0.6) is 0 Å². The van der Waals surface area contributed by atoms with Gasteiger partial charge in [0.25, 0.3) is 0 Å². The van der Waals surface area contributed by atoms with Crippen molar-refractivity contribution in [2.45, 2.75) is 58.5 Å². The number of rotatable bonds is 3. The fourth-order valence-electron chi connectivity index (χ4n) is 3.72. The summed E-state index contributed by atoms with van der Waals surface area (Å²) in [5, 5.41) is 0. The van der Waals surface area contributed by atoms with Crippen molar-refractivity contribution < 1.29 is 4.79 Å². The van der Waals surface area contributed by atoms with E-state index in [0.717, 1.165) is 44.8 Å². The van der Waals surface area contributed by atoms with Crippen LogP contribution in [-0.2, 0) is 4.79 Å². The lowest BCUT2D eigenvalue weighted by molar-refractivity contribution is -0.126. The van der Waals surface area contributed by atoms with Gasteiger partial charge in [-0.2, -0.15) is 0 Å². The Balaban J connectivity index is 1.91. The zero-order valence-corrected chi connectivity index (χ0v) is 13.1. The van der Waals surface area contributed by atoms with Gasteiger partial charge in [-0.25, -0.2) is 0 Å². The number of ketones is 1. The minimum absolute atomic E-state index is 0.307. The van der Waals surface area contributed by atoms with Crippen LogP contribution >= 0.6 is 0 Å². The van der Waals surface area contributed by atoms with Crippen LogP contribution in [0.4, 0.5) is 0 Å². The molecule has 3 heteroatoms. The first-order chi connectivity index (χ1) is 9.01. The summed E-state index contributed by atoms with van der Waals surface area (Å²) in [5.74, 6) is 1.61. The minimum atomic E-state index is 0.307. The zero-order valence-electron chi connectivity index (χ0n) is 13.1. The molecule has 0 amide bonds. The van der Waals surface area contributed by atoms with Crippen LogP contribution in [0, 0.1) is 11.8 Å². The Morgan fingerprint density at radius 1 is 1.21 bits per heavy atom. The van der Waals surface area contributed by atoms with E-state index in [2.05, 4.69) is 37.6 Å². The lowest BCUT2D eigenvalue weighted by Crippen LogP contribution is -2.56. The summed E-state index contributed by atoms with van der Waals surface area (Å²) in [6.45, 7) is 10.1. The maximum atomic E-state index is 12.1. The van der Waals surface area contributed by atoms with Crippen LogP contribution < -0.4 is 0 Å². The number of hydrogen-bond acceptors (Lipinski definition) is 3. The first kappa shape index (κ1) is 15.0. The Morgan fingerprint density at radius 3 is 2.42 bits per heavy atom. The highest BCUT2D eigenvalue weighted by atomic mass is 16.1. The van der Waals surface area contributed by atoms with E-state index in [4.69, 9.17) is 0 Å². The highest BCUT2D eigenvalue weighted by Gasteiger charge is 2.32. The van der Waals surface area contributed by atoms with E-state index in [9.17, 15) is 4.79 Å². The number of carbonyl (C=O) groups is 1. The number of likely N-dealkylation sites (N-methyl/N-ethyl adjacent to an activating group) is 1. The highest BCUT2D eigenvalue weighted by molar-refractivity contribution is 5.81. The zero-order chi connectivity index (χ0) is 14.0. The van der Waals surface area contributed by atoms with Gasteiger partial charge in [0.05, 0.1) is 0 Å². The second-order valence-electron chi connectivity index (χ2n) is 6.79. The number of nitrogens with zero attached hydrogens (tertiary/aromatic N) is 2. The fourth-order valence-corrected chi connectivity index (χ4v) is 3.72. The van der Waals surface area contributed by atoms with Gasteiger partial charge in [-0.05, 0) is 39.7 Å². The van der Waals surface area contributed by atoms with Crippen LogP contribution in [0.1, 0.15) is 46.5 Å². The standard InChI is InChI=1S/C16H30N2O/c1-5-14-6-7-16(19)15(8-14)11-18-9-12(2)17(4)13(3)10-18/h12-15H,5-11H2,1-4H3. The maximum absolute atomic E-state index is 12.1. The molecule has 2 aliphatic rings. The van der Waals surface area contributed by atoms with Gasteiger partial charge >= 0.3 is 0 Å². The molecule has 1 aliphatic carbocycles. The normalized spacial score (nSPS) is 38.6. The third-order valence-electron chi connectivity index (χ3n) is 5.36. The average Bonchev–Trinajstić information content (AvgIpc) is 2.38. The average molecular weight is 266 g/mol. The highest BCUT2D eigenvalue weighted by Crippen LogP contribution is 2.29. The van der Waals surface area contributed by atoms with Crippen molar-refractivity contribution in [2.75, 3.05) is 26.7 Å². The van der Waals surface area contributed by atoms with Crippen LogP contribution in [0.25, 0.3) is 0 Å². The lowest BCUT2D eigenvalue weighted by atomic mass is 9.79. The predicted octanol–water partition coefficient (Wildman–Crippen LogP) is 2.41. The predicted molar refractivity (Wildman–Crippen MR) is 79.3 cm³/mol. The molecule has 1 saturated carbocycles. The van der Waals surface area contributed by atoms with E-state index in [1.165, 1.54) is 6.42 Å². The molecule has 0 N–H and O–H groups in total. The third kappa shape index (κ3) is 3.57. The Labute approximate surface area is 118 Å². The summed E-state index contributed by atoms with van der Waals surface area (Å²) in [6, 6.07) is 1.20. The van der Waals surface area contributed by atoms with Crippen molar-refractivity contribution in [2.24, 2.45) is 11.8 Å². The van der Waals surface area contributed by atoms with Gasteiger partial charge in [-0.1, -0.05) is 13.3 Å². The van der Waals surface area contributed by atoms with E-state index >= 15 is 0 Å². The molecule has 1 aliphatic heterocycles. The molecule has 2 fully saturated rings. The summed E-state index contributed by atoms with van der Waals surface area (Å²) in [6.07, 6.45) is 4.31. The largest absolute Gasteiger partial charge is 0.300 e. The molecule has 0 radical (unpaired) electrons. The van der Waals surface area contributed by atoms with E-state index in [1.807, 2.05) is 0 Å². The van der Waals surface area contributed by atoms with Crippen molar-refractivity contribution in [3.05, 3.63) is 0 Å². The summed E-state index contributed by atoms with van der Waals surface area (Å²) >= 11 is 0. The SMILES string of the molecule is CCC1CCC(=O)C(CN2CC(C)N(C)C(C)C2)C1. The molecule has 0 spiro atoms. The van der Waals surface area contributed by atoms with Crippen LogP contribution in [0.3, 0.4) is 0 Å². The monoisotopic (exact) mass is 266 g/mol. The summed E-state index contributed by atoms with van der Waals surface area (Å²) in [5.41, 5.74) is 0.